The Balaban J connectivity index is 1.67. The SMILES string of the molecule is CC(C)COC(=O)N1CCN(c2cnc3[nH]cc(/C=C/C(N)=O)c3c2)CC1. The van der Waals surface area contributed by atoms with Gasteiger partial charge in [-0.1, -0.05) is 13.8 Å². The quantitative estimate of drug-likeness (QED) is 0.782. The molecule has 0 radical (unpaired) electrons. The lowest BCUT2D eigenvalue weighted by Crippen LogP contribution is -2.49. The second-order valence-corrected chi connectivity index (χ2v) is 7.01. The average Bonchev–Trinajstić information content (AvgIpc) is 3.06. The minimum Gasteiger partial charge on any atom is -0.449 e. The van der Waals surface area contributed by atoms with Crippen LogP contribution in [0, 0.1) is 5.92 Å². The van der Waals surface area contributed by atoms with Gasteiger partial charge in [0.2, 0.25) is 5.91 Å². The van der Waals surface area contributed by atoms with Crippen molar-refractivity contribution in [3.63, 3.8) is 0 Å². The van der Waals surface area contributed by atoms with Gasteiger partial charge in [0.15, 0.2) is 0 Å². The minimum atomic E-state index is -0.492. The molecule has 0 aromatic carbocycles. The zero-order valence-electron chi connectivity index (χ0n) is 15.6. The van der Waals surface area contributed by atoms with Gasteiger partial charge in [-0.15, -0.1) is 0 Å². The lowest BCUT2D eigenvalue weighted by Gasteiger charge is -2.35. The van der Waals surface area contributed by atoms with E-state index >= 15 is 0 Å². The molecule has 1 fully saturated rings. The van der Waals surface area contributed by atoms with Crippen molar-refractivity contribution in [1.82, 2.24) is 14.9 Å². The van der Waals surface area contributed by atoms with Crippen LogP contribution in [0.25, 0.3) is 17.1 Å². The largest absolute Gasteiger partial charge is 0.449 e. The normalized spacial score (nSPS) is 15.1. The van der Waals surface area contributed by atoms with Gasteiger partial charge in [0.05, 0.1) is 18.5 Å². The summed E-state index contributed by atoms with van der Waals surface area (Å²) < 4.78 is 5.30. The predicted molar refractivity (Wildman–Crippen MR) is 104 cm³/mol. The first-order valence-electron chi connectivity index (χ1n) is 9.05. The number of ether oxygens (including phenoxy) is 1. The first kappa shape index (κ1) is 18.8. The molecule has 2 aromatic rings. The smallest absolute Gasteiger partial charge is 0.409 e. The number of aromatic nitrogens is 2. The molecule has 0 atom stereocenters. The van der Waals surface area contributed by atoms with Crippen LogP contribution in [-0.2, 0) is 9.53 Å². The molecule has 3 heterocycles. The summed E-state index contributed by atoms with van der Waals surface area (Å²) in [4.78, 5) is 34.5. The first-order chi connectivity index (χ1) is 12.9. The Morgan fingerprint density at radius 3 is 2.74 bits per heavy atom. The average molecular weight is 371 g/mol. The number of H-pyrrole nitrogens is 1. The van der Waals surface area contributed by atoms with Crippen LogP contribution in [0.1, 0.15) is 19.4 Å². The number of amides is 2. The second-order valence-electron chi connectivity index (χ2n) is 7.01. The van der Waals surface area contributed by atoms with Crippen molar-refractivity contribution in [2.75, 3.05) is 37.7 Å². The van der Waals surface area contributed by atoms with Gasteiger partial charge >= 0.3 is 6.09 Å². The molecule has 3 N–H and O–H groups in total. The van der Waals surface area contributed by atoms with Crippen LogP contribution >= 0.6 is 0 Å². The van der Waals surface area contributed by atoms with E-state index < -0.39 is 5.91 Å². The number of nitrogens with zero attached hydrogens (tertiary/aromatic N) is 3. The molecule has 1 aliphatic rings. The van der Waals surface area contributed by atoms with E-state index in [1.807, 2.05) is 26.1 Å². The number of hydrogen-bond donors (Lipinski definition) is 2. The molecule has 0 unspecified atom stereocenters. The highest BCUT2D eigenvalue weighted by Gasteiger charge is 2.23. The number of hydrogen-bond acceptors (Lipinski definition) is 5. The molecule has 27 heavy (non-hydrogen) atoms. The van der Waals surface area contributed by atoms with E-state index in [4.69, 9.17) is 10.5 Å². The Hall–Kier alpha value is -3.03. The maximum atomic E-state index is 12.1. The Labute approximate surface area is 158 Å². The summed E-state index contributed by atoms with van der Waals surface area (Å²) in [7, 11) is 0. The van der Waals surface area contributed by atoms with Gasteiger partial charge in [-0.05, 0) is 18.1 Å². The number of aromatic amines is 1. The van der Waals surface area contributed by atoms with Crippen LogP contribution in [0.5, 0.6) is 0 Å². The fourth-order valence-electron chi connectivity index (χ4n) is 2.97. The number of carbonyl (C=O) groups excluding carboxylic acids is 2. The summed E-state index contributed by atoms with van der Waals surface area (Å²) in [5, 5.41) is 0.920. The molecule has 1 aliphatic heterocycles. The topological polar surface area (TPSA) is 105 Å². The molecule has 8 nitrogen and oxygen atoms in total. The summed E-state index contributed by atoms with van der Waals surface area (Å²) >= 11 is 0. The summed E-state index contributed by atoms with van der Waals surface area (Å²) in [5.74, 6) is -0.166. The standard InChI is InChI=1S/C19H25N5O3/c1-13(2)12-27-19(26)24-7-5-23(6-8-24)15-9-16-14(3-4-17(20)25)10-21-18(16)22-11-15/h3-4,9-11,13H,5-8,12H2,1-2H3,(H2,20,25)(H,21,22)/b4-3+. The van der Waals surface area contributed by atoms with E-state index in [-0.39, 0.29) is 6.09 Å². The Morgan fingerprint density at radius 1 is 1.33 bits per heavy atom. The van der Waals surface area contributed by atoms with Gasteiger partial charge in [0, 0.05) is 49.4 Å². The first-order valence-corrected chi connectivity index (χ1v) is 9.05. The fraction of sp³-hybridized carbons (Fsp3) is 0.421. The van der Waals surface area contributed by atoms with Gasteiger partial charge in [0.25, 0.3) is 0 Å². The minimum absolute atomic E-state index is 0.249. The number of nitrogens with one attached hydrogen (secondary N) is 1. The molecule has 3 rings (SSSR count). The molecule has 144 valence electrons. The van der Waals surface area contributed by atoms with E-state index in [1.165, 1.54) is 6.08 Å². The molecule has 1 saturated heterocycles. The number of carbonyl (C=O) groups is 2. The Bertz CT molecular complexity index is 850. The number of anilines is 1. The lowest BCUT2D eigenvalue weighted by molar-refractivity contribution is -0.113. The van der Waals surface area contributed by atoms with Gasteiger partial charge in [0.1, 0.15) is 5.65 Å². The van der Waals surface area contributed by atoms with Crippen LogP contribution in [0.3, 0.4) is 0 Å². The van der Waals surface area contributed by atoms with Crippen molar-refractivity contribution in [3.05, 3.63) is 30.1 Å². The van der Waals surface area contributed by atoms with Crippen LogP contribution in [-0.4, -0.2) is 59.7 Å². The summed E-state index contributed by atoms with van der Waals surface area (Å²) in [6.45, 7) is 7.11. The number of fused-ring (bicyclic) bond motifs is 1. The summed E-state index contributed by atoms with van der Waals surface area (Å²) in [6.07, 6.45) is 6.37. The molecule has 0 bridgehead atoms. The number of rotatable bonds is 5. The molecular formula is C19H25N5O3. The molecule has 2 amide bonds. The lowest BCUT2D eigenvalue weighted by atomic mass is 10.2. The van der Waals surface area contributed by atoms with E-state index in [9.17, 15) is 9.59 Å². The summed E-state index contributed by atoms with van der Waals surface area (Å²) in [6, 6.07) is 2.03. The zero-order chi connectivity index (χ0) is 19.4. The Kier molecular flexibility index (Phi) is 5.63. The van der Waals surface area contributed by atoms with Crippen molar-refractivity contribution in [2.24, 2.45) is 11.7 Å². The molecule has 0 spiro atoms. The van der Waals surface area contributed by atoms with Crippen molar-refractivity contribution < 1.29 is 14.3 Å². The maximum Gasteiger partial charge on any atom is 0.409 e. The van der Waals surface area contributed by atoms with Crippen LogP contribution in [0.4, 0.5) is 10.5 Å². The molecule has 2 aromatic heterocycles. The molecule has 0 aliphatic carbocycles. The van der Waals surface area contributed by atoms with Gasteiger partial charge in [-0.3, -0.25) is 4.79 Å². The van der Waals surface area contributed by atoms with E-state index in [1.54, 1.807) is 17.2 Å². The zero-order valence-corrected chi connectivity index (χ0v) is 15.6. The fourth-order valence-corrected chi connectivity index (χ4v) is 2.97. The Morgan fingerprint density at radius 2 is 2.07 bits per heavy atom. The third-order valence-electron chi connectivity index (χ3n) is 4.42. The van der Waals surface area contributed by atoms with E-state index in [0.29, 0.717) is 38.7 Å². The second kappa shape index (κ2) is 8.11. The number of piperazine rings is 1. The highest BCUT2D eigenvalue weighted by atomic mass is 16.6. The van der Waals surface area contributed by atoms with Crippen molar-refractivity contribution in [2.45, 2.75) is 13.8 Å². The third-order valence-corrected chi connectivity index (χ3v) is 4.42. The van der Waals surface area contributed by atoms with Crippen LogP contribution in [0.2, 0.25) is 0 Å². The van der Waals surface area contributed by atoms with Crippen LogP contribution < -0.4 is 10.6 Å². The number of nitrogens with two attached hydrogens (primary N) is 1. The van der Waals surface area contributed by atoms with Gasteiger partial charge in [-0.25, -0.2) is 9.78 Å². The van der Waals surface area contributed by atoms with Crippen molar-refractivity contribution >= 4 is 34.8 Å². The van der Waals surface area contributed by atoms with E-state index in [2.05, 4.69) is 14.9 Å². The highest BCUT2D eigenvalue weighted by molar-refractivity contribution is 5.95. The third kappa shape index (κ3) is 4.58. The monoisotopic (exact) mass is 371 g/mol. The highest BCUT2D eigenvalue weighted by Crippen LogP contribution is 2.24. The number of primary amides is 1. The van der Waals surface area contributed by atoms with Crippen LogP contribution in [0.15, 0.2) is 24.5 Å². The molecular weight excluding hydrogens is 346 g/mol. The van der Waals surface area contributed by atoms with Crippen molar-refractivity contribution in [1.29, 1.82) is 0 Å². The van der Waals surface area contributed by atoms with Gasteiger partial charge < -0.3 is 25.3 Å². The molecule has 8 heteroatoms. The number of pyridine rings is 1. The molecule has 0 saturated carbocycles. The van der Waals surface area contributed by atoms with E-state index in [0.717, 1.165) is 22.3 Å². The van der Waals surface area contributed by atoms with Gasteiger partial charge in [-0.2, -0.15) is 0 Å². The summed E-state index contributed by atoms with van der Waals surface area (Å²) in [5.41, 5.74) is 7.76. The predicted octanol–water partition coefficient (Wildman–Crippen LogP) is 1.98. The van der Waals surface area contributed by atoms with Crippen molar-refractivity contribution in [3.8, 4) is 0 Å². The maximum absolute atomic E-state index is 12.1.